The highest BCUT2D eigenvalue weighted by Crippen LogP contribution is 1.51. The van der Waals surface area contributed by atoms with Crippen molar-refractivity contribution in [1.82, 2.24) is 15.2 Å². The number of rotatable bonds is 0. The van der Waals surface area contributed by atoms with Crippen LogP contribution in [-0.4, -0.2) is 15.2 Å². The number of H-pyrrole nitrogens is 1. The van der Waals surface area contributed by atoms with Crippen LogP contribution in [0.3, 0.4) is 0 Å². The molecule has 0 bridgehead atoms. The molecule has 0 aliphatic carbocycles. The first-order valence-corrected chi connectivity index (χ1v) is 1.21. The fourth-order valence-corrected chi connectivity index (χ4v) is 0.144. The van der Waals surface area contributed by atoms with E-state index in [1.54, 1.807) is 0 Å². The number of aromatic nitrogens is 3. The van der Waals surface area contributed by atoms with Gasteiger partial charge in [0.05, 0.1) is 0 Å². The molecule has 1 radical (unpaired) electrons. The van der Waals surface area contributed by atoms with Crippen molar-refractivity contribution in [2.75, 3.05) is 0 Å². The SMILES string of the molecule is [c]1ncn[nH]1. The summed E-state index contributed by atoms with van der Waals surface area (Å²) >= 11 is 0. The van der Waals surface area contributed by atoms with Crippen molar-refractivity contribution < 1.29 is 0 Å². The third-order valence-corrected chi connectivity index (χ3v) is 0.295. The van der Waals surface area contributed by atoms with Gasteiger partial charge in [0.1, 0.15) is 6.33 Å². The van der Waals surface area contributed by atoms with Crippen LogP contribution in [0.5, 0.6) is 0 Å². The van der Waals surface area contributed by atoms with Gasteiger partial charge < -0.3 is 0 Å². The Hall–Kier alpha value is -0.860. The van der Waals surface area contributed by atoms with Gasteiger partial charge in [0.2, 0.25) is 0 Å². The summed E-state index contributed by atoms with van der Waals surface area (Å²) in [7, 11) is 0. The van der Waals surface area contributed by atoms with Gasteiger partial charge in [-0.1, -0.05) is 0 Å². The largest absolute Gasteiger partial charge is 0.257 e. The quantitative estimate of drug-likeness (QED) is 0.449. The van der Waals surface area contributed by atoms with E-state index in [-0.39, 0.29) is 0 Å². The van der Waals surface area contributed by atoms with Gasteiger partial charge in [-0.25, -0.2) is 4.98 Å². The monoisotopic (exact) mass is 68.0 g/mol. The van der Waals surface area contributed by atoms with Crippen LogP contribution < -0.4 is 0 Å². The van der Waals surface area contributed by atoms with E-state index in [9.17, 15) is 0 Å². The van der Waals surface area contributed by atoms with E-state index in [0.717, 1.165) is 0 Å². The minimum atomic E-state index is 1.39. The predicted molar refractivity (Wildman–Crippen MR) is 15.2 cm³/mol. The molecule has 3 heteroatoms. The van der Waals surface area contributed by atoms with E-state index in [1.807, 2.05) is 0 Å². The smallest absolute Gasteiger partial charge is 0.193 e. The zero-order valence-corrected chi connectivity index (χ0v) is 2.47. The summed E-state index contributed by atoms with van der Waals surface area (Å²) in [6.07, 6.45) is 3.76. The molecule has 25 valence electrons. The van der Waals surface area contributed by atoms with Crippen molar-refractivity contribution in [2.45, 2.75) is 0 Å². The predicted octanol–water partition coefficient (Wildman–Crippen LogP) is -0.395. The molecule has 1 rings (SSSR count). The van der Waals surface area contributed by atoms with Crippen LogP contribution in [0.4, 0.5) is 0 Å². The van der Waals surface area contributed by atoms with Crippen LogP contribution in [0.1, 0.15) is 0 Å². The lowest BCUT2D eigenvalue weighted by molar-refractivity contribution is 1.08. The molecule has 1 aromatic rings. The van der Waals surface area contributed by atoms with Gasteiger partial charge in [0.15, 0.2) is 6.33 Å². The summed E-state index contributed by atoms with van der Waals surface area (Å²) in [5.41, 5.74) is 0. The molecule has 1 aromatic heterocycles. The third kappa shape index (κ3) is 0.238. The minimum absolute atomic E-state index is 1.39. The summed E-state index contributed by atoms with van der Waals surface area (Å²) in [6.45, 7) is 0. The molecule has 0 amide bonds. The maximum Gasteiger partial charge on any atom is 0.193 e. The molecule has 0 fully saturated rings. The molecule has 0 unspecified atom stereocenters. The second kappa shape index (κ2) is 0.839. The van der Waals surface area contributed by atoms with E-state index in [2.05, 4.69) is 21.5 Å². The van der Waals surface area contributed by atoms with E-state index in [1.165, 1.54) is 6.33 Å². The molecule has 5 heavy (non-hydrogen) atoms. The molecule has 0 saturated carbocycles. The summed E-state index contributed by atoms with van der Waals surface area (Å²) < 4.78 is 0. The van der Waals surface area contributed by atoms with Gasteiger partial charge in [-0.2, -0.15) is 5.10 Å². The molecular weight excluding hydrogens is 66.0 g/mol. The Labute approximate surface area is 29.0 Å². The van der Waals surface area contributed by atoms with Gasteiger partial charge in [-0.05, 0) is 0 Å². The summed E-state index contributed by atoms with van der Waals surface area (Å²) in [4.78, 5) is 3.43. The Kier molecular flexibility index (Phi) is 0.400. The van der Waals surface area contributed by atoms with Crippen molar-refractivity contribution >= 4 is 0 Å². The van der Waals surface area contributed by atoms with Crippen LogP contribution in [0, 0.1) is 6.33 Å². The molecular formula is C2H2N3. The van der Waals surface area contributed by atoms with Crippen molar-refractivity contribution in [3.05, 3.63) is 12.7 Å². The lowest BCUT2D eigenvalue weighted by Gasteiger charge is -1.44. The Bertz CT molecular complexity index is 61.4. The van der Waals surface area contributed by atoms with Crippen molar-refractivity contribution in [3.63, 3.8) is 0 Å². The Morgan fingerprint density at radius 3 is 3.00 bits per heavy atom. The number of aromatic amines is 1. The third-order valence-electron chi connectivity index (χ3n) is 0.295. The summed E-state index contributed by atoms with van der Waals surface area (Å²) in [5, 5.41) is 5.81. The highest BCUT2D eigenvalue weighted by Gasteiger charge is 1.59. The number of nitrogens with zero attached hydrogens (tertiary/aromatic N) is 2. The lowest BCUT2D eigenvalue weighted by Crippen LogP contribution is -1.54. The van der Waals surface area contributed by atoms with Gasteiger partial charge >= 0.3 is 0 Å². The molecule has 0 saturated heterocycles. The topological polar surface area (TPSA) is 41.6 Å². The standard InChI is InChI=1S/C2H2N3/c1-3-2-5-4-1/h1H,(H,3,4,5). The molecule has 0 atom stereocenters. The van der Waals surface area contributed by atoms with Crippen molar-refractivity contribution in [1.29, 1.82) is 0 Å². The molecule has 0 spiro atoms. The highest BCUT2D eigenvalue weighted by atomic mass is 15.2. The average molecular weight is 68.1 g/mol. The van der Waals surface area contributed by atoms with Gasteiger partial charge in [0.25, 0.3) is 0 Å². The maximum atomic E-state index is 3.43. The molecule has 0 aliphatic heterocycles. The van der Waals surface area contributed by atoms with E-state index in [4.69, 9.17) is 0 Å². The summed E-state index contributed by atoms with van der Waals surface area (Å²) in [5.74, 6) is 0. The Morgan fingerprint density at radius 2 is 2.80 bits per heavy atom. The van der Waals surface area contributed by atoms with Crippen LogP contribution in [0.15, 0.2) is 6.33 Å². The second-order valence-corrected chi connectivity index (χ2v) is 0.597. The first kappa shape index (κ1) is 2.38. The first-order valence-electron chi connectivity index (χ1n) is 1.21. The summed E-state index contributed by atoms with van der Waals surface area (Å²) in [6, 6.07) is 0. The average Bonchev–Trinajstić information content (AvgIpc) is 1.76. The van der Waals surface area contributed by atoms with Crippen LogP contribution in [-0.2, 0) is 0 Å². The molecule has 1 heterocycles. The van der Waals surface area contributed by atoms with Crippen LogP contribution in [0.25, 0.3) is 0 Å². The van der Waals surface area contributed by atoms with Crippen LogP contribution >= 0.6 is 0 Å². The van der Waals surface area contributed by atoms with Gasteiger partial charge in [-0.15, -0.1) is 0 Å². The Balaban J connectivity index is 3.13. The van der Waals surface area contributed by atoms with Gasteiger partial charge in [-0.3, -0.25) is 5.10 Å². The normalized spacial score (nSPS) is 8.00. The fraction of sp³-hybridized carbons (Fsp3) is 0. The van der Waals surface area contributed by atoms with Crippen molar-refractivity contribution in [2.24, 2.45) is 0 Å². The zero-order valence-electron chi connectivity index (χ0n) is 2.47. The second-order valence-electron chi connectivity index (χ2n) is 0.597. The van der Waals surface area contributed by atoms with E-state index < -0.39 is 0 Å². The lowest BCUT2D eigenvalue weighted by atomic mass is 11.3. The van der Waals surface area contributed by atoms with E-state index in [0.29, 0.717) is 0 Å². The number of nitrogens with one attached hydrogen (secondary N) is 1. The minimum Gasteiger partial charge on any atom is -0.257 e. The molecule has 0 aromatic carbocycles. The number of hydrogen-bond donors (Lipinski definition) is 1. The molecule has 1 N–H and O–H groups in total. The van der Waals surface area contributed by atoms with E-state index >= 15 is 0 Å². The number of hydrogen-bond acceptors (Lipinski definition) is 2. The Morgan fingerprint density at radius 1 is 1.80 bits per heavy atom. The first-order chi connectivity index (χ1) is 2.50. The highest BCUT2D eigenvalue weighted by molar-refractivity contribution is 4.40. The van der Waals surface area contributed by atoms with Crippen molar-refractivity contribution in [3.8, 4) is 0 Å². The molecule has 3 nitrogen and oxygen atoms in total. The zero-order chi connectivity index (χ0) is 3.54. The van der Waals surface area contributed by atoms with Crippen LogP contribution in [0.2, 0.25) is 0 Å². The maximum absolute atomic E-state index is 3.43. The fourth-order valence-electron chi connectivity index (χ4n) is 0.144. The molecule has 0 aliphatic rings. The van der Waals surface area contributed by atoms with Gasteiger partial charge in [0, 0.05) is 0 Å².